The van der Waals surface area contributed by atoms with Gasteiger partial charge in [-0.05, 0) is 24.3 Å². The summed E-state index contributed by atoms with van der Waals surface area (Å²) < 4.78 is 5.57. The van der Waals surface area contributed by atoms with Gasteiger partial charge in [0.25, 0.3) is 5.56 Å². The maximum atomic E-state index is 13.1. The molecule has 160 valence electrons. The number of carbonyl (C=O) groups excluding carboxylic acids is 2. The van der Waals surface area contributed by atoms with Gasteiger partial charge in [-0.25, -0.2) is 4.98 Å². The van der Waals surface area contributed by atoms with E-state index in [0.717, 1.165) is 0 Å². The number of aromatic amines is 1. The molecule has 0 amide bonds. The normalized spacial score (nSPS) is 11.8. The number of carbonyl (C=O) groups is 2. The number of hydrogen-bond donors (Lipinski definition) is 1. The molecule has 7 heteroatoms. The molecule has 0 aliphatic heterocycles. The Balaban J connectivity index is 1.52. The van der Waals surface area contributed by atoms with Crippen molar-refractivity contribution in [2.45, 2.75) is 18.9 Å². The number of nitrogens with zero attached hydrogens (tertiary/aromatic N) is 1. The van der Waals surface area contributed by atoms with Gasteiger partial charge >= 0.3 is 5.97 Å². The summed E-state index contributed by atoms with van der Waals surface area (Å²) >= 11 is 5.96. The van der Waals surface area contributed by atoms with Gasteiger partial charge in [-0.2, -0.15) is 0 Å². The lowest BCUT2D eigenvalue weighted by Crippen LogP contribution is -2.22. The molecule has 0 aliphatic rings. The summed E-state index contributed by atoms with van der Waals surface area (Å²) in [6.07, 6.45) is -1.13. The number of Topliss-reactive ketones (excluding diaryl/α,β-unsaturated/α-hetero) is 1. The molecule has 1 aromatic heterocycles. The predicted molar refractivity (Wildman–Crippen MR) is 122 cm³/mol. The number of fused-ring (bicyclic) bond motifs is 1. The van der Waals surface area contributed by atoms with Gasteiger partial charge in [-0.15, -0.1) is 0 Å². The third kappa shape index (κ3) is 4.92. The molecule has 1 heterocycles. The standard InChI is InChI=1S/C25H19ClN2O4/c26-18-12-10-17(11-13-18)24(23(30)16-6-2-1-3-7-16)32-22(29)15-14-21-25(31)28-20-9-5-4-8-19(20)27-21/h1-13,24H,14-15H2,(H,28,31). The molecule has 6 nitrogen and oxygen atoms in total. The number of benzene rings is 3. The van der Waals surface area contributed by atoms with Crippen LogP contribution in [0.4, 0.5) is 0 Å². The number of aromatic nitrogens is 2. The molecule has 0 bridgehead atoms. The molecule has 0 aliphatic carbocycles. The zero-order valence-electron chi connectivity index (χ0n) is 17.0. The highest BCUT2D eigenvalue weighted by Crippen LogP contribution is 2.25. The van der Waals surface area contributed by atoms with Crippen molar-refractivity contribution in [1.82, 2.24) is 9.97 Å². The van der Waals surface area contributed by atoms with Crippen LogP contribution < -0.4 is 5.56 Å². The van der Waals surface area contributed by atoms with E-state index in [2.05, 4.69) is 9.97 Å². The Morgan fingerprint density at radius 2 is 1.62 bits per heavy atom. The van der Waals surface area contributed by atoms with E-state index in [0.29, 0.717) is 27.2 Å². The first-order valence-electron chi connectivity index (χ1n) is 10.0. The molecule has 1 N–H and O–H groups in total. The Morgan fingerprint density at radius 3 is 2.38 bits per heavy atom. The van der Waals surface area contributed by atoms with Crippen molar-refractivity contribution in [2.75, 3.05) is 0 Å². The minimum Gasteiger partial charge on any atom is -0.449 e. The largest absolute Gasteiger partial charge is 0.449 e. The molecule has 3 aromatic carbocycles. The van der Waals surface area contributed by atoms with Gasteiger partial charge in [0.2, 0.25) is 5.78 Å². The number of nitrogens with one attached hydrogen (secondary N) is 1. The zero-order valence-corrected chi connectivity index (χ0v) is 17.7. The summed E-state index contributed by atoms with van der Waals surface area (Å²) in [5.41, 5.74) is 2.07. The molecule has 0 saturated carbocycles. The Kier molecular flexibility index (Phi) is 6.42. The number of esters is 1. The second-order valence-corrected chi connectivity index (χ2v) is 7.62. The predicted octanol–water partition coefficient (Wildman–Crippen LogP) is 4.68. The third-order valence-electron chi connectivity index (χ3n) is 4.95. The molecule has 0 radical (unpaired) electrons. The van der Waals surface area contributed by atoms with Crippen LogP contribution in [0.1, 0.15) is 34.1 Å². The number of para-hydroxylation sites is 2. The molecule has 0 fully saturated rings. The van der Waals surface area contributed by atoms with Gasteiger partial charge in [-0.1, -0.05) is 66.2 Å². The van der Waals surface area contributed by atoms with Crippen molar-refractivity contribution in [3.05, 3.63) is 111 Å². The van der Waals surface area contributed by atoms with Crippen LogP contribution in [-0.4, -0.2) is 21.7 Å². The van der Waals surface area contributed by atoms with Gasteiger partial charge < -0.3 is 9.72 Å². The molecule has 1 atom stereocenters. The van der Waals surface area contributed by atoms with E-state index in [1.165, 1.54) is 0 Å². The minimum absolute atomic E-state index is 0.0892. The van der Waals surface area contributed by atoms with Crippen LogP contribution in [0, 0.1) is 0 Å². The SMILES string of the molecule is O=C(CCc1nc2ccccc2[nH]c1=O)OC(C(=O)c1ccccc1)c1ccc(Cl)cc1. The van der Waals surface area contributed by atoms with Crippen molar-refractivity contribution < 1.29 is 14.3 Å². The van der Waals surface area contributed by atoms with E-state index in [-0.39, 0.29) is 29.9 Å². The molecule has 1 unspecified atom stereocenters. The van der Waals surface area contributed by atoms with E-state index >= 15 is 0 Å². The van der Waals surface area contributed by atoms with Crippen molar-refractivity contribution in [3.63, 3.8) is 0 Å². The van der Waals surface area contributed by atoms with Crippen LogP contribution in [0.3, 0.4) is 0 Å². The first kappa shape index (κ1) is 21.5. The molecule has 4 rings (SSSR count). The van der Waals surface area contributed by atoms with Crippen LogP contribution in [0.15, 0.2) is 83.7 Å². The van der Waals surface area contributed by atoms with E-state index < -0.39 is 12.1 Å². The number of ketones is 1. The Morgan fingerprint density at radius 1 is 0.938 bits per heavy atom. The number of hydrogen-bond acceptors (Lipinski definition) is 5. The maximum absolute atomic E-state index is 13.1. The highest BCUT2D eigenvalue weighted by Gasteiger charge is 2.26. The third-order valence-corrected chi connectivity index (χ3v) is 5.21. The summed E-state index contributed by atoms with van der Waals surface area (Å²) in [6, 6.07) is 22.3. The monoisotopic (exact) mass is 446 g/mol. The second kappa shape index (κ2) is 9.58. The zero-order chi connectivity index (χ0) is 22.5. The first-order valence-corrected chi connectivity index (χ1v) is 10.4. The smallest absolute Gasteiger partial charge is 0.307 e. The first-order chi connectivity index (χ1) is 15.5. The fraction of sp³-hybridized carbons (Fsp3) is 0.120. The van der Waals surface area contributed by atoms with Crippen LogP contribution >= 0.6 is 11.6 Å². The Labute approximate surface area is 188 Å². The van der Waals surface area contributed by atoms with E-state index in [1.807, 2.05) is 6.07 Å². The summed E-state index contributed by atoms with van der Waals surface area (Å²) in [5, 5.41) is 0.507. The van der Waals surface area contributed by atoms with Crippen LogP contribution in [-0.2, 0) is 16.0 Å². The number of H-pyrrole nitrogens is 1. The highest BCUT2D eigenvalue weighted by atomic mass is 35.5. The quantitative estimate of drug-likeness (QED) is 0.329. The lowest BCUT2D eigenvalue weighted by atomic mass is 10.00. The van der Waals surface area contributed by atoms with Crippen molar-refractivity contribution in [3.8, 4) is 0 Å². The van der Waals surface area contributed by atoms with Gasteiger partial charge in [0.05, 0.1) is 17.5 Å². The van der Waals surface area contributed by atoms with Gasteiger partial charge in [-0.3, -0.25) is 14.4 Å². The lowest BCUT2D eigenvalue weighted by molar-refractivity contribution is -0.147. The summed E-state index contributed by atoms with van der Waals surface area (Å²) in [7, 11) is 0. The van der Waals surface area contributed by atoms with Crippen molar-refractivity contribution in [2.24, 2.45) is 0 Å². The molecular formula is C25H19ClN2O4. The topological polar surface area (TPSA) is 89.1 Å². The number of halogens is 1. The van der Waals surface area contributed by atoms with Crippen molar-refractivity contribution in [1.29, 1.82) is 0 Å². The average Bonchev–Trinajstić information content (AvgIpc) is 2.82. The Bertz CT molecular complexity index is 1320. The number of aryl methyl sites for hydroxylation is 1. The van der Waals surface area contributed by atoms with E-state index in [9.17, 15) is 14.4 Å². The molecular weight excluding hydrogens is 428 g/mol. The second-order valence-electron chi connectivity index (χ2n) is 7.18. The lowest BCUT2D eigenvalue weighted by Gasteiger charge is -2.17. The molecule has 4 aromatic rings. The van der Waals surface area contributed by atoms with Gasteiger partial charge in [0.1, 0.15) is 5.69 Å². The molecule has 0 spiro atoms. The van der Waals surface area contributed by atoms with Gasteiger partial charge in [0.15, 0.2) is 6.10 Å². The van der Waals surface area contributed by atoms with E-state index in [1.54, 1.807) is 72.8 Å². The number of ether oxygens (including phenoxy) is 1. The Hall–Kier alpha value is -3.77. The summed E-state index contributed by atoms with van der Waals surface area (Å²) in [6.45, 7) is 0. The highest BCUT2D eigenvalue weighted by molar-refractivity contribution is 6.30. The number of rotatable bonds is 7. The summed E-state index contributed by atoms with van der Waals surface area (Å²) in [5.74, 6) is -0.952. The minimum atomic E-state index is -1.12. The van der Waals surface area contributed by atoms with E-state index in [4.69, 9.17) is 16.3 Å². The molecule has 0 saturated heterocycles. The summed E-state index contributed by atoms with van der Waals surface area (Å²) in [4.78, 5) is 45.1. The average molecular weight is 447 g/mol. The fourth-order valence-electron chi connectivity index (χ4n) is 3.31. The van der Waals surface area contributed by atoms with Crippen molar-refractivity contribution >= 4 is 34.4 Å². The van der Waals surface area contributed by atoms with Gasteiger partial charge in [0, 0.05) is 22.6 Å². The van der Waals surface area contributed by atoms with Crippen LogP contribution in [0.25, 0.3) is 11.0 Å². The maximum Gasteiger partial charge on any atom is 0.307 e. The fourth-order valence-corrected chi connectivity index (χ4v) is 3.44. The molecule has 32 heavy (non-hydrogen) atoms. The van der Waals surface area contributed by atoms with Crippen LogP contribution in [0.5, 0.6) is 0 Å². The van der Waals surface area contributed by atoms with Crippen LogP contribution in [0.2, 0.25) is 5.02 Å².